The molecule has 2 heterocycles. The lowest BCUT2D eigenvalue weighted by Crippen LogP contribution is -2.61. The standard InChI is InChI=1S/C29H38O7/c1-4-7-19-9-11-20(12-10-19)29-34-25(23(31)18-30)27-26(35-29)24(8-5-2)33-28(36-27)21-13-15-22(16-14-21)32-17-6-3/h5,9-16,23-31H,2,4,6-8,17-18H2,1,3H3. The van der Waals surface area contributed by atoms with Crippen LogP contribution in [0.3, 0.4) is 0 Å². The summed E-state index contributed by atoms with van der Waals surface area (Å²) in [6.07, 6.45) is 0.408. The second-order valence-electron chi connectivity index (χ2n) is 9.32. The first-order chi connectivity index (χ1) is 17.6. The fourth-order valence-electron chi connectivity index (χ4n) is 4.68. The van der Waals surface area contributed by atoms with Crippen LogP contribution in [0.1, 0.15) is 62.4 Å². The molecule has 2 saturated heterocycles. The van der Waals surface area contributed by atoms with Gasteiger partial charge in [-0.3, -0.25) is 0 Å². The highest BCUT2D eigenvalue weighted by Crippen LogP contribution is 2.42. The number of benzene rings is 2. The maximum absolute atomic E-state index is 10.7. The number of rotatable bonds is 11. The Labute approximate surface area is 213 Å². The van der Waals surface area contributed by atoms with Crippen molar-refractivity contribution in [2.75, 3.05) is 13.2 Å². The Kier molecular flexibility index (Phi) is 9.53. The molecular weight excluding hydrogens is 460 g/mol. The lowest BCUT2D eigenvalue weighted by atomic mass is 9.93. The molecule has 4 rings (SSSR count). The minimum Gasteiger partial charge on any atom is -0.494 e. The first-order valence-electron chi connectivity index (χ1n) is 12.9. The van der Waals surface area contributed by atoms with E-state index in [1.54, 1.807) is 6.08 Å². The van der Waals surface area contributed by atoms with Gasteiger partial charge in [-0.15, -0.1) is 6.58 Å². The van der Waals surface area contributed by atoms with Gasteiger partial charge in [-0.2, -0.15) is 0 Å². The molecular formula is C29H38O7. The van der Waals surface area contributed by atoms with Crippen molar-refractivity contribution in [1.82, 2.24) is 0 Å². The SMILES string of the molecule is C=CCC1OC(c2ccc(OCCC)cc2)OC2C(C(O)CO)OC(c3ccc(CCC)cc3)OC12. The number of hydrogen-bond donors (Lipinski definition) is 2. The highest BCUT2D eigenvalue weighted by Gasteiger charge is 2.51. The van der Waals surface area contributed by atoms with Gasteiger partial charge in [0.05, 0.1) is 19.3 Å². The van der Waals surface area contributed by atoms with Crippen LogP contribution in [-0.2, 0) is 25.4 Å². The van der Waals surface area contributed by atoms with E-state index in [9.17, 15) is 10.2 Å². The Bertz CT molecular complexity index is 945. The van der Waals surface area contributed by atoms with Crippen molar-refractivity contribution in [1.29, 1.82) is 0 Å². The van der Waals surface area contributed by atoms with Crippen molar-refractivity contribution < 1.29 is 33.9 Å². The Morgan fingerprint density at radius 1 is 0.889 bits per heavy atom. The third-order valence-corrected chi connectivity index (χ3v) is 6.54. The Balaban J connectivity index is 1.57. The van der Waals surface area contributed by atoms with Crippen LogP contribution in [0.2, 0.25) is 0 Å². The lowest BCUT2D eigenvalue weighted by Gasteiger charge is -2.50. The molecule has 2 aromatic carbocycles. The van der Waals surface area contributed by atoms with Gasteiger partial charge in [0.1, 0.15) is 30.2 Å². The van der Waals surface area contributed by atoms with Gasteiger partial charge in [0.15, 0.2) is 12.6 Å². The molecule has 0 amide bonds. The predicted molar refractivity (Wildman–Crippen MR) is 136 cm³/mol. The second kappa shape index (κ2) is 12.8. The van der Waals surface area contributed by atoms with Crippen LogP contribution in [0.4, 0.5) is 0 Å². The van der Waals surface area contributed by atoms with Crippen LogP contribution in [0.15, 0.2) is 61.2 Å². The molecule has 0 bridgehead atoms. The second-order valence-corrected chi connectivity index (χ2v) is 9.32. The van der Waals surface area contributed by atoms with Gasteiger partial charge in [-0.05, 0) is 37.0 Å². The smallest absolute Gasteiger partial charge is 0.184 e. The fraction of sp³-hybridized carbons (Fsp3) is 0.517. The van der Waals surface area contributed by atoms with Crippen molar-refractivity contribution in [3.63, 3.8) is 0 Å². The molecule has 7 unspecified atom stereocenters. The summed E-state index contributed by atoms with van der Waals surface area (Å²) < 4.78 is 30.9. The van der Waals surface area contributed by atoms with E-state index >= 15 is 0 Å². The lowest BCUT2D eigenvalue weighted by molar-refractivity contribution is -0.390. The van der Waals surface area contributed by atoms with Gasteiger partial charge in [-0.25, -0.2) is 0 Å². The monoisotopic (exact) mass is 498 g/mol. The van der Waals surface area contributed by atoms with Crippen molar-refractivity contribution in [3.8, 4) is 5.75 Å². The van der Waals surface area contributed by atoms with Crippen molar-refractivity contribution in [2.45, 2.75) is 82.6 Å². The van der Waals surface area contributed by atoms with Gasteiger partial charge >= 0.3 is 0 Å². The summed E-state index contributed by atoms with van der Waals surface area (Å²) in [4.78, 5) is 0. The minimum atomic E-state index is -1.14. The highest BCUT2D eigenvalue weighted by atomic mass is 16.8. The maximum Gasteiger partial charge on any atom is 0.184 e. The molecule has 0 saturated carbocycles. The Morgan fingerprint density at radius 3 is 2.14 bits per heavy atom. The molecule has 0 spiro atoms. The third-order valence-electron chi connectivity index (χ3n) is 6.54. The summed E-state index contributed by atoms with van der Waals surface area (Å²) in [6.45, 7) is 8.29. The van der Waals surface area contributed by atoms with Gasteiger partial charge in [0.25, 0.3) is 0 Å². The number of aliphatic hydroxyl groups excluding tert-OH is 2. The average molecular weight is 499 g/mol. The topological polar surface area (TPSA) is 86.6 Å². The summed E-state index contributed by atoms with van der Waals surface area (Å²) in [7, 11) is 0. The molecule has 2 aromatic rings. The zero-order valence-electron chi connectivity index (χ0n) is 21.1. The van der Waals surface area contributed by atoms with Crippen molar-refractivity contribution >= 4 is 0 Å². The summed E-state index contributed by atoms with van der Waals surface area (Å²) in [5.41, 5.74) is 2.90. The van der Waals surface area contributed by atoms with E-state index < -0.39 is 43.6 Å². The molecule has 2 N–H and O–H groups in total. The van der Waals surface area contributed by atoms with Gasteiger partial charge in [0, 0.05) is 11.1 Å². The number of fused-ring (bicyclic) bond motifs is 1. The minimum absolute atomic E-state index is 0.374. The molecule has 0 radical (unpaired) electrons. The summed E-state index contributed by atoms with van der Waals surface area (Å²) in [6, 6.07) is 15.7. The molecule has 2 fully saturated rings. The molecule has 2 aliphatic rings. The van der Waals surface area contributed by atoms with Gasteiger partial charge in [0.2, 0.25) is 0 Å². The summed E-state index contributed by atoms with van der Waals surface area (Å²) in [5, 5.41) is 20.5. The van der Waals surface area contributed by atoms with Crippen LogP contribution in [-0.4, -0.2) is 53.9 Å². The Hall–Kier alpha value is -2.26. The fourth-order valence-corrected chi connectivity index (χ4v) is 4.68. The molecule has 7 atom stereocenters. The van der Waals surface area contributed by atoms with Crippen LogP contribution in [0.25, 0.3) is 0 Å². The molecule has 0 aliphatic carbocycles. The van der Waals surface area contributed by atoms with Gasteiger partial charge in [-0.1, -0.05) is 62.7 Å². The van der Waals surface area contributed by atoms with Crippen molar-refractivity contribution in [2.24, 2.45) is 0 Å². The number of hydrogen-bond acceptors (Lipinski definition) is 7. The zero-order chi connectivity index (χ0) is 25.5. The van der Waals surface area contributed by atoms with E-state index in [4.69, 9.17) is 23.7 Å². The molecule has 2 aliphatic heterocycles. The van der Waals surface area contributed by atoms with E-state index in [0.29, 0.717) is 13.0 Å². The van der Waals surface area contributed by atoms with E-state index in [1.807, 2.05) is 36.4 Å². The normalized spacial score (nSPS) is 28.8. The molecule has 7 heteroatoms. The third kappa shape index (κ3) is 6.17. The quantitative estimate of drug-likeness (QED) is 0.437. The van der Waals surface area contributed by atoms with Crippen LogP contribution in [0, 0.1) is 0 Å². The molecule has 196 valence electrons. The molecule has 7 nitrogen and oxygen atoms in total. The maximum atomic E-state index is 10.7. The predicted octanol–water partition coefficient (Wildman–Crippen LogP) is 4.62. The highest BCUT2D eigenvalue weighted by molar-refractivity contribution is 5.28. The van der Waals surface area contributed by atoms with E-state index in [2.05, 4.69) is 32.6 Å². The van der Waals surface area contributed by atoms with Crippen molar-refractivity contribution in [3.05, 3.63) is 77.9 Å². The number of ether oxygens (including phenoxy) is 5. The summed E-state index contributed by atoms with van der Waals surface area (Å²) >= 11 is 0. The van der Waals surface area contributed by atoms with Crippen LogP contribution < -0.4 is 4.74 Å². The van der Waals surface area contributed by atoms with E-state index in [-0.39, 0.29) is 6.10 Å². The van der Waals surface area contributed by atoms with E-state index in [0.717, 1.165) is 36.1 Å². The first kappa shape index (κ1) is 26.8. The summed E-state index contributed by atoms with van der Waals surface area (Å²) in [5.74, 6) is 0.780. The van der Waals surface area contributed by atoms with Crippen LogP contribution >= 0.6 is 0 Å². The number of aliphatic hydroxyl groups is 2. The largest absolute Gasteiger partial charge is 0.494 e. The molecule has 0 aromatic heterocycles. The van der Waals surface area contributed by atoms with E-state index in [1.165, 1.54) is 5.56 Å². The average Bonchev–Trinajstić information content (AvgIpc) is 2.92. The number of aryl methyl sites for hydroxylation is 1. The zero-order valence-corrected chi connectivity index (χ0v) is 21.1. The van der Waals surface area contributed by atoms with Crippen LogP contribution in [0.5, 0.6) is 5.75 Å². The Morgan fingerprint density at radius 2 is 1.53 bits per heavy atom. The first-order valence-corrected chi connectivity index (χ1v) is 12.9. The van der Waals surface area contributed by atoms with Gasteiger partial charge < -0.3 is 33.9 Å². The molecule has 36 heavy (non-hydrogen) atoms.